The summed E-state index contributed by atoms with van der Waals surface area (Å²) in [6.07, 6.45) is 8.39. The van der Waals surface area contributed by atoms with Gasteiger partial charge in [0.2, 0.25) is 0 Å². The number of hydrogen-bond donors (Lipinski definition) is 0. The third-order valence-electron chi connectivity index (χ3n) is 7.48. The Bertz CT molecular complexity index is 994. The number of hydrogen-bond acceptors (Lipinski definition) is 2. The van der Waals surface area contributed by atoms with Gasteiger partial charge in [0.15, 0.2) is 17.5 Å². The van der Waals surface area contributed by atoms with Crippen LogP contribution in [0.15, 0.2) is 36.4 Å². The Kier molecular flexibility index (Phi) is 11.0. The molecule has 37 heavy (non-hydrogen) atoms. The molecule has 0 N–H and O–H groups in total. The summed E-state index contributed by atoms with van der Waals surface area (Å²) in [6.45, 7) is 1.69. The van der Waals surface area contributed by atoms with Gasteiger partial charge >= 0.3 is 5.97 Å². The van der Waals surface area contributed by atoms with Crippen molar-refractivity contribution < 1.29 is 31.5 Å². The van der Waals surface area contributed by atoms with Crippen LogP contribution in [-0.4, -0.2) is 24.4 Å². The minimum atomic E-state index is -1.60. The zero-order valence-corrected chi connectivity index (χ0v) is 21.5. The molecule has 1 unspecified atom stereocenters. The van der Waals surface area contributed by atoms with Crippen LogP contribution in [0.25, 0.3) is 11.1 Å². The standard InChI is InChI=1S/C30H37F5O2/c1-2-3-4-5-6-7-10-15-30(35)16-13-21(14-17-30)27(33)20-37-29(36)24-12-9-8-11-23(24)22-18-25(31)28(34)26(32)19-22/h8-9,11-12,18-19,21,27H,2-7,10,13-17,20H2,1H3. The van der Waals surface area contributed by atoms with E-state index in [4.69, 9.17) is 4.74 Å². The van der Waals surface area contributed by atoms with E-state index in [-0.39, 0.29) is 22.6 Å². The van der Waals surface area contributed by atoms with Crippen LogP contribution in [0, 0.1) is 23.4 Å². The number of esters is 1. The maximum Gasteiger partial charge on any atom is 0.338 e. The molecule has 1 aliphatic rings. The van der Waals surface area contributed by atoms with Gasteiger partial charge in [-0.25, -0.2) is 26.7 Å². The fourth-order valence-corrected chi connectivity index (χ4v) is 5.16. The van der Waals surface area contributed by atoms with Crippen molar-refractivity contribution in [1.82, 2.24) is 0 Å². The Labute approximate surface area is 216 Å². The minimum Gasteiger partial charge on any atom is -0.459 e. The van der Waals surface area contributed by atoms with Crippen molar-refractivity contribution in [1.29, 1.82) is 0 Å². The van der Waals surface area contributed by atoms with Crippen molar-refractivity contribution in [2.24, 2.45) is 5.92 Å². The van der Waals surface area contributed by atoms with Crippen LogP contribution in [-0.2, 0) is 4.74 Å². The van der Waals surface area contributed by atoms with Gasteiger partial charge in [-0.1, -0.05) is 70.1 Å². The Morgan fingerprint density at radius 1 is 0.973 bits per heavy atom. The molecule has 1 aliphatic carbocycles. The van der Waals surface area contributed by atoms with Gasteiger partial charge in [-0.3, -0.25) is 0 Å². The number of ether oxygens (including phenoxy) is 1. The Hall–Kier alpha value is -2.44. The third-order valence-corrected chi connectivity index (χ3v) is 7.48. The lowest BCUT2D eigenvalue weighted by atomic mass is 9.76. The molecule has 2 aromatic carbocycles. The zero-order chi connectivity index (χ0) is 26.8. The molecule has 7 heteroatoms. The van der Waals surface area contributed by atoms with Gasteiger partial charge in [0.25, 0.3) is 0 Å². The molecule has 0 radical (unpaired) electrons. The molecule has 1 fully saturated rings. The lowest BCUT2D eigenvalue weighted by Crippen LogP contribution is -2.34. The fraction of sp³-hybridized carbons (Fsp3) is 0.567. The van der Waals surface area contributed by atoms with Gasteiger partial charge in [-0.15, -0.1) is 0 Å². The van der Waals surface area contributed by atoms with Crippen molar-refractivity contribution in [2.75, 3.05) is 6.61 Å². The van der Waals surface area contributed by atoms with Gasteiger partial charge in [0.05, 0.1) is 5.56 Å². The number of carbonyl (C=O) groups is 1. The van der Waals surface area contributed by atoms with Gasteiger partial charge in [-0.2, -0.15) is 0 Å². The van der Waals surface area contributed by atoms with Crippen molar-refractivity contribution in [3.63, 3.8) is 0 Å². The molecule has 0 spiro atoms. The second-order valence-electron chi connectivity index (χ2n) is 10.3. The predicted molar refractivity (Wildman–Crippen MR) is 135 cm³/mol. The summed E-state index contributed by atoms with van der Waals surface area (Å²) in [5, 5.41) is 0. The highest BCUT2D eigenvalue weighted by Crippen LogP contribution is 2.40. The van der Waals surface area contributed by atoms with Crippen LogP contribution < -0.4 is 0 Å². The maximum atomic E-state index is 15.2. The number of unbranched alkanes of at least 4 members (excludes halogenated alkanes) is 6. The first kappa shape index (κ1) is 29.1. The predicted octanol–water partition coefficient (Wildman–Crippen LogP) is 9.30. The molecule has 0 bridgehead atoms. The van der Waals surface area contributed by atoms with Crippen LogP contribution in [0.4, 0.5) is 22.0 Å². The Balaban J connectivity index is 1.48. The SMILES string of the molecule is CCCCCCCCCC1(F)CCC(C(F)COC(=O)c2ccccc2-c2cc(F)c(F)c(F)c2)CC1. The highest BCUT2D eigenvalue weighted by Gasteiger charge is 2.37. The monoisotopic (exact) mass is 524 g/mol. The highest BCUT2D eigenvalue weighted by molar-refractivity contribution is 5.97. The average molecular weight is 525 g/mol. The van der Waals surface area contributed by atoms with Crippen molar-refractivity contribution in [3.8, 4) is 11.1 Å². The molecule has 0 heterocycles. The first-order chi connectivity index (χ1) is 17.7. The molecular weight excluding hydrogens is 487 g/mol. The van der Waals surface area contributed by atoms with E-state index in [9.17, 15) is 22.4 Å². The van der Waals surface area contributed by atoms with E-state index >= 15 is 4.39 Å². The topological polar surface area (TPSA) is 26.3 Å². The van der Waals surface area contributed by atoms with Crippen LogP contribution >= 0.6 is 0 Å². The summed E-state index contributed by atoms with van der Waals surface area (Å²) in [4.78, 5) is 12.7. The summed E-state index contributed by atoms with van der Waals surface area (Å²) in [6, 6.07) is 7.52. The second-order valence-corrected chi connectivity index (χ2v) is 10.3. The molecule has 2 aromatic rings. The van der Waals surface area contributed by atoms with Gasteiger partial charge < -0.3 is 4.74 Å². The largest absolute Gasteiger partial charge is 0.459 e. The number of alkyl halides is 2. The van der Waals surface area contributed by atoms with E-state index in [1.807, 2.05) is 0 Å². The third kappa shape index (κ3) is 8.27. The van der Waals surface area contributed by atoms with Gasteiger partial charge in [-0.05, 0) is 67.3 Å². The number of carbonyl (C=O) groups excluding carboxylic acids is 1. The van der Waals surface area contributed by atoms with Crippen molar-refractivity contribution in [3.05, 3.63) is 59.4 Å². The van der Waals surface area contributed by atoms with Gasteiger partial charge in [0, 0.05) is 0 Å². The van der Waals surface area contributed by atoms with Crippen LogP contribution in [0.2, 0.25) is 0 Å². The normalized spacial score (nSPS) is 20.5. The summed E-state index contributed by atoms with van der Waals surface area (Å²) in [5.74, 6) is -5.60. The molecule has 0 saturated heterocycles. The van der Waals surface area contributed by atoms with Gasteiger partial charge in [0.1, 0.15) is 18.4 Å². The smallest absolute Gasteiger partial charge is 0.338 e. The molecule has 2 nitrogen and oxygen atoms in total. The van der Waals surface area contributed by atoms with E-state index in [2.05, 4.69) is 6.92 Å². The summed E-state index contributed by atoms with van der Waals surface area (Å²) in [5.41, 5.74) is -1.14. The number of rotatable bonds is 13. The minimum absolute atomic E-state index is 0.0128. The molecule has 1 saturated carbocycles. The molecule has 0 aromatic heterocycles. The van der Waals surface area contributed by atoms with Crippen LogP contribution in [0.1, 0.15) is 94.3 Å². The first-order valence-electron chi connectivity index (χ1n) is 13.5. The first-order valence-corrected chi connectivity index (χ1v) is 13.5. The maximum absolute atomic E-state index is 15.2. The van der Waals surface area contributed by atoms with Crippen molar-refractivity contribution in [2.45, 2.75) is 95.8 Å². The molecule has 3 rings (SSSR count). The van der Waals surface area contributed by atoms with E-state index in [1.165, 1.54) is 43.9 Å². The quantitative estimate of drug-likeness (QED) is 0.113. The van der Waals surface area contributed by atoms with E-state index in [0.29, 0.717) is 32.1 Å². The van der Waals surface area contributed by atoms with E-state index < -0.39 is 41.9 Å². The Morgan fingerprint density at radius 2 is 1.57 bits per heavy atom. The summed E-state index contributed by atoms with van der Waals surface area (Å²) in [7, 11) is 0. The van der Waals surface area contributed by atoms with Crippen LogP contribution in [0.5, 0.6) is 0 Å². The summed E-state index contributed by atoms with van der Waals surface area (Å²) < 4.78 is 76.0. The summed E-state index contributed by atoms with van der Waals surface area (Å²) >= 11 is 0. The number of halogens is 5. The lowest BCUT2D eigenvalue weighted by molar-refractivity contribution is 0.0117. The molecule has 204 valence electrons. The molecule has 0 aliphatic heterocycles. The van der Waals surface area contributed by atoms with E-state index in [0.717, 1.165) is 31.4 Å². The fourth-order valence-electron chi connectivity index (χ4n) is 5.16. The lowest BCUT2D eigenvalue weighted by Gasteiger charge is -2.35. The zero-order valence-electron chi connectivity index (χ0n) is 21.5. The number of benzene rings is 2. The molecular formula is C30H37F5O2. The van der Waals surface area contributed by atoms with Crippen molar-refractivity contribution >= 4 is 5.97 Å². The second kappa shape index (κ2) is 13.9. The average Bonchev–Trinajstić information content (AvgIpc) is 2.89. The Morgan fingerprint density at radius 3 is 2.22 bits per heavy atom. The van der Waals surface area contributed by atoms with Crippen LogP contribution in [0.3, 0.4) is 0 Å². The van der Waals surface area contributed by atoms with E-state index in [1.54, 1.807) is 6.07 Å². The molecule has 0 amide bonds. The molecule has 1 atom stereocenters. The highest BCUT2D eigenvalue weighted by atomic mass is 19.2.